The number of hydrogen-bond acceptors (Lipinski definition) is 0. The van der Waals surface area contributed by atoms with Crippen LogP contribution in [0.1, 0.15) is 42.8 Å². The maximum Gasteiger partial charge on any atom is 0.0846 e. The van der Waals surface area contributed by atoms with E-state index in [-0.39, 0.29) is 10.8 Å². The molecule has 1 unspecified atom stereocenters. The summed E-state index contributed by atoms with van der Waals surface area (Å²) in [4.78, 5) is 0. The van der Waals surface area contributed by atoms with Crippen molar-refractivity contribution in [2.75, 3.05) is 0 Å². The average Bonchev–Trinajstić information content (AvgIpc) is 2.40. The van der Waals surface area contributed by atoms with E-state index in [1.807, 2.05) is 18.2 Å². The molecule has 0 heterocycles. The van der Waals surface area contributed by atoms with Gasteiger partial charge in [0, 0.05) is 9.50 Å². The fraction of sp³-hybridized carbons (Fsp3) is 0.294. The third-order valence-electron chi connectivity index (χ3n) is 3.30. The first-order chi connectivity index (χ1) is 9.29. The van der Waals surface area contributed by atoms with Gasteiger partial charge in [0.05, 0.1) is 5.38 Å². The third kappa shape index (κ3) is 3.58. The SMILES string of the molecule is CC(C)(C)c1ccc(C(Cl)c2cc(Cl)ccc2Br)cc1. The van der Waals surface area contributed by atoms with Gasteiger partial charge in [-0.1, -0.05) is 72.6 Å². The molecule has 0 nitrogen and oxygen atoms in total. The van der Waals surface area contributed by atoms with E-state index in [1.54, 1.807) is 0 Å². The maximum atomic E-state index is 6.59. The van der Waals surface area contributed by atoms with Crippen molar-refractivity contribution in [3.05, 3.63) is 68.7 Å². The Bertz CT molecular complexity index is 597. The summed E-state index contributed by atoms with van der Waals surface area (Å²) in [7, 11) is 0. The molecule has 0 N–H and O–H groups in total. The predicted octanol–water partition coefficient (Wildman–Crippen LogP) is 6.73. The minimum Gasteiger partial charge on any atom is -0.113 e. The molecule has 0 aromatic heterocycles. The van der Waals surface area contributed by atoms with E-state index in [0.717, 1.165) is 15.6 Å². The van der Waals surface area contributed by atoms with Crippen LogP contribution in [0.2, 0.25) is 5.02 Å². The Morgan fingerprint density at radius 2 is 1.60 bits per heavy atom. The quantitative estimate of drug-likeness (QED) is 0.513. The predicted molar refractivity (Wildman–Crippen MR) is 92.0 cm³/mol. The summed E-state index contributed by atoms with van der Waals surface area (Å²) in [5, 5.41) is 0.484. The van der Waals surface area contributed by atoms with Gasteiger partial charge in [0.25, 0.3) is 0 Å². The average molecular weight is 372 g/mol. The number of halogens is 3. The first kappa shape index (κ1) is 15.9. The van der Waals surface area contributed by atoms with Crippen LogP contribution in [0.25, 0.3) is 0 Å². The van der Waals surface area contributed by atoms with Gasteiger partial charge in [0.15, 0.2) is 0 Å². The van der Waals surface area contributed by atoms with E-state index >= 15 is 0 Å². The van der Waals surface area contributed by atoms with Crippen molar-refractivity contribution in [1.82, 2.24) is 0 Å². The van der Waals surface area contributed by atoms with Crippen molar-refractivity contribution in [2.45, 2.75) is 31.6 Å². The maximum absolute atomic E-state index is 6.59. The van der Waals surface area contributed by atoms with Crippen LogP contribution in [0, 0.1) is 0 Å². The van der Waals surface area contributed by atoms with Crippen molar-refractivity contribution in [2.24, 2.45) is 0 Å². The summed E-state index contributed by atoms with van der Waals surface area (Å²) in [5.74, 6) is 0. The summed E-state index contributed by atoms with van der Waals surface area (Å²) < 4.78 is 0.974. The van der Waals surface area contributed by atoms with Gasteiger partial charge in [-0.25, -0.2) is 0 Å². The molecule has 0 aliphatic carbocycles. The van der Waals surface area contributed by atoms with Crippen LogP contribution in [0.3, 0.4) is 0 Å². The normalized spacial score (nSPS) is 13.3. The summed E-state index contributed by atoms with van der Waals surface area (Å²) in [6.45, 7) is 6.61. The fourth-order valence-electron chi connectivity index (χ4n) is 2.04. The summed E-state index contributed by atoms with van der Waals surface area (Å²) in [6.07, 6.45) is 0. The zero-order valence-electron chi connectivity index (χ0n) is 11.8. The van der Waals surface area contributed by atoms with E-state index in [0.29, 0.717) is 5.02 Å². The van der Waals surface area contributed by atoms with Crippen LogP contribution >= 0.6 is 39.1 Å². The number of alkyl halides is 1. The Hall–Kier alpha value is -0.500. The second-order valence-electron chi connectivity index (χ2n) is 5.90. The van der Waals surface area contributed by atoms with E-state index in [4.69, 9.17) is 23.2 Å². The van der Waals surface area contributed by atoms with Gasteiger partial charge in [-0.2, -0.15) is 0 Å². The topological polar surface area (TPSA) is 0 Å². The molecule has 3 heteroatoms. The lowest BCUT2D eigenvalue weighted by molar-refractivity contribution is 0.590. The number of benzene rings is 2. The van der Waals surface area contributed by atoms with E-state index in [9.17, 15) is 0 Å². The summed E-state index contributed by atoms with van der Waals surface area (Å²) in [6, 6.07) is 14.1. The van der Waals surface area contributed by atoms with Crippen LogP contribution < -0.4 is 0 Å². The highest BCUT2D eigenvalue weighted by molar-refractivity contribution is 9.10. The second kappa shape index (κ2) is 6.09. The molecule has 0 saturated heterocycles. The summed E-state index contributed by atoms with van der Waals surface area (Å²) in [5.41, 5.74) is 3.51. The summed E-state index contributed by atoms with van der Waals surface area (Å²) >= 11 is 16.2. The van der Waals surface area contributed by atoms with E-state index in [2.05, 4.69) is 61.0 Å². The minimum atomic E-state index is -0.211. The first-order valence-electron chi connectivity index (χ1n) is 6.48. The van der Waals surface area contributed by atoms with E-state index < -0.39 is 0 Å². The molecule has 0 aliphatic heterocycles. The van der Waals surface area contributed by atoms with Gasteiger partial charge >= 0.3 is 0 Å². The van der Waals surface area contributed by atoms with Crippen LogP contribution in [0.15, 0.2) is 46.9 Å². The van der Waals surface area contributed by atoms with Crippen molar-refractivity contribution in [1.29, 1.82) is 0 Å². The highest BCUT2D eigenvalue weighted by Gasteiger charge is 2.17. The highest BCUT2D eigenvalue weighted by Crippen LogP contribution is 2.36. The Morgan fingerprint density at radius 3 is 2.15 bits per heavy atom. The van der Waals surface area contributed by atoms with Crippen LogP contribution in [-0.2, 0) is 5.41 Å². The second-order valence-corrected chi connectivity index (χ2v) is 7.63. The monoisotopic (exact) mass is 370 g/mol. The first-order valence-corrected chi connectivity index (χ1v) is 8.09. The lowest BCUT2D eigenvalue weighted by Crippen LogP contribution is -2.10. The number of rotatable bonds is 2. The molecule has 0 amide bonds. The van der Waals surface area contributed by atoms with Crippen molar-refractivity contribution >= 4 is 39.1 Å². The molecule has 20 heavy (non-hydrogen) atoms. The fourth-order valence-corrected chi connectivity index (χ4v) is 3.15. The molecular weight excluding hydrogens is 355 g/mol. The molecule has 0 aliphatic rings. The standard InChI is InChI=1S/C17H17BrCl2/c1-17(2,3)12-6-4-11(5-7-12)16(20)14-10-13(19)8-9-15(14)18/h4-10,16H,1-3H3. The molecule has 0 saturated carbocycles. The van der Waals surface area contributed by atoms with Gasteiger partial charge in [-0.3, -0.25) is 0 Å². The Balaban J connectivity index is 2.34. The zero-order valence-corrected chi connectivity index (χ0v) is 14.9. The minimum absolute atomic E-state index is 0.150. The van der Waals surface area contributed by atoms with Gasteiger partial charge in [-0.15, -0.1) is 11.6 Å². The van der Waals surface area contributed by atoms with Gasteiger partial charge in [0.2, 0.25) is 0 Å². The molecule has 1 atom stereocenters. The Labute approximate surface area is 139 Å². The molecule has 0 bridgehead atoms. The van der Waals surface area contributed by atoms with Crippen LogP contribution in [0.5, 0.6) is 0 Å². The Kier molecular flexibility index (Phi) is 4.84. The molecule has 0 spiro atoms. The van der Waals surface area contributed by atoms with Crippen LogP contribution in [-0.4, -0.2) is 0 Å². The van der Waals surface area contributed by atoms with Crippen molar-refractivity contribution in [3.63, 3.8) is 0 Å². The van der Waals surface area contributed by atoms with Gasteiger partial charge < -0.3 is 0 Å². The molecule has 106 valence electrons. The third-order valence-corrected chi connectivity index (χ3v) is 4.74. The molecule has 0 fully saturated rings. The molecule has 2 aromatic carbocycles. The lowest BCUT2D eigenvalue weighted by atomic mass is 9.86. The zero-order chi connectivity index (χ0) is 14.9. The largest absolute Gasteiger partial charge is 0.113 e. The molecular formula is C17H17BrCl2. The van der Waals surface area contributed by atoms with Crippen molar-refractivity contribution in [3.8, 4) is 0 Å². The van der Waals surface area contributed by atoms with Crippen molar-refractivity contribution < 1.29 is 0 Å². The van der Waals surface area contributed by atoms with E-state index in [1.165, 1.54) is 5.56 Å². The van der Waals surface area contributed by atoms with Crippen LogP contribution in [0.4, 0.5) is 0 Å². The van der Waals surface area contributed by atoms with Gasteiger partial charge in [0.1, 0.15) is 0 Å². The lowest BCUT2D eigenvalue weighted by Gasteiger charge is -2.20. The highest BCUT2D eigenvalue weighted by atomic mass is 79.9. The Morgan fingerprint density at radius 1 is 1.00 bits per heavy atom. The van der Waals surface area contributed by atoms with Gasteiger partial charge in [-0.05, 0) is 40.3 Å². The smallest absolute Gasteiger partial charge is 0.0846 e. The molecule has 2 aromatic rings. The number of hydrogen-bond donors (Lipinski definition) is 0. The molecule has 2 rings (SSSR count). The molecule has 0 radical (unpaired) electrons.